The van der Waals surface area contributed by atoms with Gasteiger partial charge in [0.1, 0.15) is 10.7 Å². The van der Waals surface area contributed by atoms with E-state index in [2.05, 4.69) is 5.32 Å². The molecule has 1 aromatic carbocycles. The minimum absolute atomic E-state index is 0.198. The number of nitrogens with one attached hydrogen (secondary N) is 1. The number of benzene rings is 1. The van der Waals surface area contributed by atoms with Crippen LogP contribution in [0.15, 0.2) is 23.1 Å². The van der Waals surface area contributed by atoms with Gasteiger partial charge in [0.25, 0.3) is 0 Å². The number of hydrogen-bond donors (Lipinski definition) is 1. The molecule has 1 N–H and O–H groups in total. The van der Waals surface area contributed by atoms with E-state index in [4.69, 9.17) is 0 Å². The first-order valence-corrected chi connectivity index (χ1v) is 8.80. The van der Waals surface area contributed by atoms with E-state index in [1.54, 1.807) is 13.0 Å². The van der Waals surface area contributed by atoms with E-state index in [-0.39, 0.29) is 4.90 Å². The van der Waals surface area contributed by atoms with Gasteiger partial charge in [0.15, 0.2) is 0 Å². The van der Waals surface area contributed by atoms with Gasteiger partial charge >= 0.3 is 0 Å². The van der Waals surface area contributed by atoms with Gasteiger partial charge in [0, 0.05) is 13.1 Å². The van der Waals surface area contributed by atoms with Crippen molar-refractivity contribution in [3.8, 4) is 0 Å². The fourth-order valence-corrected chi connectivity index (χ4v) is 4.35. The van der Waals surface area contributed by atoms with Crippen LogP contribution in [-0.4, -0.2) is 39.4 Å². The zero-order valence-electron chi connectivity index (χ0n) is 12.6. The molecule has 1 heterocycles. The third-order valence-corrected chi connectivity index (χ3v) is 5.99. The zero-order chi connectivity index (χ0) is 15.5. The van der Waals surface area contributed by atoms with Gasteiger partial charge < -0.3 is 5.32 Å². The lowest BCUT2D eigenvalue weighted by Gasteiger charge is -2.31. The summed E-state index contributed by atoms with van der Waals surface area (Å²) in [5.41, 5.74) is 0.749. The number of sulfonamides is 1. The third-order valence-electron chi connectivity index (χ3n) is 4.08. The van der Waals surface area contributed by atoms with Crippen LogP contribution in [-0.2, 0) is 10.0 Å². The molecule has 0 unspecified atom stereocenters. The van der Waals surface area contributed by atoms with Crippen LogP contribution in [0, 0.1) is 18.7 Å². The molecule has 1 fully saturated rings. The lowest BCUT2D eigenvalue weighted by Crippen LogP contribution is -2.39. The topological polar surface area (TPSA) is 49.4 Å². The molecule has 118 valence electrons. The average molecular weight is 314 g/mol. The smallest absolute Gasteiger partial charge is 0.245 e. The molecule has 1 aromatic rings. The first-order valence-electron chi connectivity index (χ1n) is 7.36. The molecule has 4 nitrogen and oxygen atoms in total. The highest BCUT2D eigenvalue weighted by molar-refractivity contribution is 7.89. The number of aryl methyl sites for hydroxylation is 1. The minimum atomic E-state index is -3.72. The monoisotopic (exact) mass is 314 g/mol. The molecular formula is C15H23FN2O2S. The second-order valence-electron chi connectivity index (χ2n) is 5.67. The van der Waals surface area contributed by atoms with Crippen LogP contribution in [0.4, 0.5) is 4.39 Å². The summed E-state index contributed by atoms with van der Waals surface area (Å²) in [6.07, 6.45) is 2.74. The Morgan fingerprint density at radius 3 is 2.62 bits per heavy atom. The molecule has 6 heteroatoms. The largest absolute Gasteiger partial charge is 0.320 e. The van der Waals surface area contributed by atoms with Crippen molar-refractivity contribution in [2.75, 3.05) is 26.7 Å². The summed E-state index contributed by atoms with van der Waals surface area (Å²) in [6, 6.07) is 4.22. The van der Waals surface area contributed by atoms with Crippen molar-refractivity contribution in [2.24, 2.45) is 5.92 Å². The Morgan fingerprint density at radius 1 is 1.33 bits per heavy atom. The number of hydrogen-bond acceptors (Lipinski definition) is 3. The summed E-state index contributed by atoms with van der Waals surface area (Å²) in [6.45, 7) is 3.67. The fraction of sp³-hybridized carbons (Fsp3) is 0.600. The number of piperidine rings is 1. The Kier molecular flexibility index (Phi) is 5.35. The second kappa shape index (κ2) is 6.85. The van der Waals surface area contributed by atoms with Crippen molar-refractivity contribution in [3.63, 3.8) is 0 Å². The number of rotatable bonds is 5. The van der Waals surface area contributed by atoms with Crippen molar-refractivity contribution in [3.05, 3.63) is 29.6 Å². The summed E-state index contributed by atoms with van der Waals surface area (Å²) < 4.78 is 40.4. The van der Waals surface area contributed by atoms with E-state index in [9.17, 15) is 12.8 Å². The van der Waals surface area contributed by atoms with E-state index in [1.807, 2.05) is 7.05 Å². The molecule has 2 rings (SSSR count). The molecule has 0 amide bonds. The molecule has 0 radical (unpaired) electrons. The molecule has 0 aromatic heterocycles. The number of halogens is 1. The van der Waals surface area contributed by atoms with E-state index in [0.29, 0.717) is 19.0 Å². The highest BCUT2D eigenvalue weighted by Crippen LogP contribution is 2.27. The Bertz CT molecular complexity index is 581. The Balaban J connectivity index is 2.10. The predicted molar refractivity (Wildman–Crippen MR) is 81.2 cm³/mol. The molecule has 0 bridgehead atoms. The molecule has 0 atom stereocenters. The summed E-state index contributed by atoms with van der Waals surface area (Å²) >= 11 is 0. The van der Waals surface area contributed by atoms with Gasteiger partial charge in [-0.25, -0.2) is 12.8 Å². The van der Waals surface area contributed by atoms with E-state index < -0.39 is 15.8 Å². The standard InChI is InChI=1S/C15H23FN2O2S/c1-12-3-4-14(16)15(11-12)21(19,20)18-9-6-13(7-10-18)5-8-17-2/h3-4,11,13,17H,5-10H2,1-2H3. The Labute approximate surface area is 126 Å². The van der Waals surface area contributed by atoms with Gasteiger partial charge in [0.05, 0.1) is 0 Å². The number of nitrogens with zero attached hydrogens (tertiary/aromatic N) is 1. The van der Waals surface area contributed by atoms with Crippen molar-refractivity contribution < 1.29 is 12.8 Å². The zero-order valence-corrected chi connectivity index (χ0v) is 13.4. The van der Waals surface area contributed by atoms with Crippen LogP contribution in [0.3, 0.4) is 0 Å². The predicted octanol–water partition coefficient (Wildman–Crippen LogP) is 2.14. The third kappa shape index (κ3) is 3.81. The van der Waals surface area contributed by atoms with Gasteiger partial charge in [0.2, 0.25) is 10.0 Å². The summed E-state index contributed by atoms with van der Waals surface area (Å²) in [7, 11) is -1.80. The van der Waals surface area contributed by atoms with Gasteiger partial charge in [-0.3, -0.25) is 0 Å². The maximum atomic E-state index is 13.8. The van der Waals surface area contributed by atoms with E-state index >= 15 is 0 Å². The molecule has 1 aliphatic heterocycles. The first kappa shape index (κ1) is 16.4. The van der Waals surface area contributed by atoms with Gasteiger partial charge in [-0.2, -0.15) is 4.31 Å². The van der Waals surface area contributed by atoms with Crippen LogP contribution in [0.5, 0.6) is 0 Å². The normalized spacial score (nSPS) is 18.0. The van der Waals surface area contributed by atoms with Crippen LogP contribution in [0.25, 0.3) is 0 Å². The first-order chi connectivity index (χ1) is 9.95. The van der Waals surface area contributed by atoms with Gasteiger partial charge in [-0.1, -0.05) is 6.07 Å². The van der Waals surface area contributed by atoms with Crippen LogP contribution in [0.1, 0.15) is 24.8 Å². The maximum Gasteiger partial charge on any atom is 0.245 e. The van der Waals surface area contributed by atoms with Crippen molar-refractivity contribution in [1.29, 1.82) is 0 Å². The quantitative estimate of drug-likeness (QED) is 0.906. The van der Waals surface area contributed by atoms with Crippen molar-refractivity contribution in [2.45, 2.75) is 31.1 Å². The van der Waals surface area contributed by atoms with Crippen molar-refractivity contribution >= 4 is 10.0 Å². The molecule has 1 saturated heterocycles. The summed E-state index contributed by atoms with van der Waals surface area (Å²) in [5, 5.41) is 3.11. The second-order valence-corrected chi connectivity index (χ2v) is 7.58. The van der Waals surface area contributed by atoms with Crippen LogP contribution in [0.2, 0.25) is 0 Å². The highest BCUT2D eigenvalue weighted by Gasteiger charge is 2.31. The summed E-state index contributed by atoms with van der Waals surface area (Å²) in [4.78, 5) is -0.198. The fourth-order valence-electron chi connectivity index (χ4n) is 2.73. The van der Waals surface area contributed by atoms with Crippen LogP contribution < -0.4 is 5.32 Å². The Hall–Kier alpha value is -0.980. The molecular weight excluding hydrogens is 291 g/mol. The average Bonchev–Trinajstić information content (AvgIpc) is 2.48. The van der Waals surface area contributed by atoms with Crippen LogP contribution >= 0.6 is 0 Å². The molecule has 0 saturated carbocycles. The van der Waals surface area contributed by atoms with E-state index in [0.717, 1.165) is 31.4 Å². The molecule has 0 aliphatic carbocycles. The molecule has 21 heavy (non-hydrogen) atoms. The maximum absolute atomic E-state index is 13.8. The molecule has 1 aliphatic rings. The highest BCUT2D eigenvalue weighted by atomic mass is 32.2. The van der Waals surface area contributed by atoms with Gasteiger partial charge in [-0.05, 0) is 63.4 Å². The minimum Gasteiger partial charge on any atom is -0.320 e. The SMILES string of the molecule is CNCCC1CCN(S(=O)(=O)c2cc(C)ccc2F)CC1. The molecule has 0 spiro atoms. The van der Waals surface area contributed by atoms with Gasteiger partial charge in [-0.15, -0.1) is 0 Å². The summed E-state index contributed by atoms with van der Waals surface area (Å²) in [5.74, 6) is -0.121. The lowest BCUT2D eigenvalue weighted by molar-refractivity contribution is 0.262. The lowest BCUT2D eigenvalue weighted by atomic mass is 9.95. The Morgan fingerprint density at radius 2 is 2.00 bits per heavy atom. The van der Waals surface area contributed by atoms with E-state index in [1.165, 1.54) is 16.4 Å². The van der Waals surface area contributed by atoms with Crippen molar-refractivity contribution in [1.82, 2.24) is 9.62 Å².